The Morgan fingerprint density at radius 1 is 0.764 bits per heavy atom. The van der Waals surface area contributed by atoms with Crippen LogP contribution in [-0.4, -0.2) is 53.4 Å². The number of aromatic hydroxyl groups is 1. The molecular formula is C41H41BrF2O11. The highest BCUT2D eigenvalue weighted by molar-refractivity contribution is 9.10. The standard InChI is InChI=1S/C41H41BrF2O11/c1-16-13-25(45)15-28(52-10)31(16)40(50)55-37-23(8)20(5)33(35(46)34(37)42)41(51)53-27-14-17(2)30(24(9)26(27)11-12-29(43)44)39(49)54-36-21(6)18(3)32(38(47)48)19(4)22(36)7/h13-15,29,31,46H,11-12H2,1-10H3,(H,47,48). The number of ether oxygens (including phenoxy) is 4. The van der Waals surface area contributed by atoms with Crippen LogP contribution in [0.3, 0.4) is 0 Å². The number of aryl methyl sites for hydroxylation is 1. The minimum absolute atomic E-state index is 0.0446. The van der Waals surface area contributed by atoms with Gasteiger partial charge in [-0.05, 0) is 152 Å². The number of methoxy groups -OCH3 is 1. The largest absolute Gasteiger partial charge is 0.506 e. The Kier molecular flexibility index (Phi) is 12.8. The average Bonchev–Trinajstić information content (AvgIpc) is 3.09. The second-order valence-electron chi connectivity index (χ2n) is 13.4. The number of carboxylic acid groups (broad SMARTS) is 1. The van der Waals surface area contributed by atoms with E-state index in [4.69, 9.17) is 18.9 Å². The summed E-state index contributed by atoms with van der Waals surface area (Å²) in [7, 11) is 1.31. The molecule has 1 atom stereocenters. The van der Waals surface area contributed by atoms with Crippen LogP contribution in [0.25, 0.3) is 0 Å². The molecule has 55 heavy (non-hydrogen) atoms. The van der Waals surface area contributed by atoms with Gasteiger partial charge in [0.15, 0.2) is 11.5 Å². The summed E-state index contributed by atoms with van der Waals surface area (Å²) in [6.45, 7) is 14.2. The van der Waals surface area contributed by atoms with Crippen molar-refractivity contribution in [1.29, 1.82) is 0 Å². The molecule has 4 rings (SSSR count). The maximum absolute atomic E-state index is 13.8. The summed E-state index contributed by atoms with van der Waals surface area (Å²) in [5.41, 5.74) is 3.04. The lowest BCUT2D eigenvalue weighted by molar-refractivity contribution is -0.137. The van der Waals surface area contributed by atoms with E-state index >= 15 is 0 Å². The van der Waals surface area contributed by atoms with Gasteiger partial charge in [-0.1, -0.05) is 0 Å². The summed E-state index contributed by atoms with van der Waals surface area (Å²) in [6.07, 6.45) is -1.21. The number of carboxylic acids is 1. The number of esters is 3. The average molecular weight is 828 g/mol. The summed E-state index contributed by atoms with van der Waals surface area (Å²) in [5.74, 6) is -5.83. The highest BCUT2D eigenvalue weighted by Crippen LogP contribution is 2.44. The van der Waals surface area contributed by atoms with Crippen molar-refractivity contribution in [2.45, 2.75) is 81.6 Å². The Hall–Kier alpha value is -5.37. The molecule has 3 aromatic carbocycles. The van der Waals surface area contributed by atoms with E-state index in [9.17, 15) is 43.0 Å². The molecule has 2 N–H and O–H groups in total. The number of benzene rings is 3. The second kappa shape index (κ2) is 16.6. The molecule has 0 bridgehead atoms. The Labute approximate surface area is 325 Å². The van der Waals surface area contributed by atoms with Gasteiger partial charge in [0.25, 0.3) is 0 Å². The molecule has 0 fully saturated rings. The van der Waals surface area contributed by atoms with Crippen LogP contribution in [0, 0.1) is 61.3 Å². The number of allylic oxidation sites excluding steroid dienone is 2. The van der Waals surface area contributed by atoms with Crippen molar-refractivity contribution in [2.75, 3.05) is 7.11 Å². The Morgan fingerprint density at radius 3 is 1.85 bits per heavy atom. The van der Waals surface area contributed by atoms with Gasteiger partial charge in [-0.2, -0.15) is 0 Å². The molecule has 0 saturated heterocycles. The highest BCUT2D eigenvalue weighted by atomic mass is 79.9. The predicted molar refractivity (Wildman–Crippen MR) is 201 cm³/mol. The maximum Gasteiger partial charge on any atom is 0.347 e. The summed E-state index contributed by atoms with van der Waals surface area (Å²) in [5, 5.41) is 21.0. The Balaban J connectivity index is 1.73. The summed E-state index contributed by atoms with van der Waals surface area (Å²) in [6, 6.07) is 1.35. The number of phenols is 1. The Morgan fingerprint density at radius 2 is 1.31 bits per heavy atom. The first-order chi connectivity index (χ1) is 25.6. The molecule has 1 aliphatic rings. The van der Waals surface area contributed by atoms with E-state index in [0.29, 0.717) is 27.8 Å². The fourth-order valence-corrected chi connectivity index (χ4v) is 7.30. The minimum Gasteiger partial charge on any atom is -0.506 e. The van der Waals surface area contributed by atoms with Gasteiger partial charge in [0, 0.05) is 12.5 Å². The van der Waals surface area contributed by atoms with E-state index < -0.39 is 48.4 Å². The first kappa shape index (κ1) is 42.4. The van der Waals surface area contributed by atoms with Crippen LogP contribution in [0.15, 0.2) is 34.0 Å². The number of carbonyl (C=O) groups is 5. The van der Waals surface area contributed by atoms with E-state index in [0.717, 1.165) is 0 Å². The van der Waals surface area contributed by atoms with Crippen LogP contribution < -0.4 is 14.2 Å². The smallest absolute Gasteiger partial charge is 0.347 e. The maximum atomic E-state index is 13.8. The van der Waals surface area contributed by atoms with Crippen LogP contribution in [-0.2, 0) is 20.7 Å². The van der Waals surface area contributed by atoms with Crippen molar-refractivity contribution in [1.82, 2.24) is 0 Å². The number of halogens is 3. The SMILES string of the molecule is COC1=CC(=O)C=C(C)C1C(=O)Oc1c(C)c(C)c(C(=O)Oc2cc(C)c(C(=O)Oc3c(C)c(C)c(C(=O)O)c(C)c3C)c(C)c2CCC(F)F)c(O)c1Br. The van der Waals surface area contributed by atoms with E-state index in [-0.39, 0.29) is 84.2 Å². The minimum atomic E-state index is -2.73. The molecule has 3 aromatic rings. The molecule has 14 heteroatoms. The van der Waals surface area contributed by atoms with Gasteiger partial charge in [0.1, 0.15) is 39.0 Å². The van der Waals surface area contributed by atoms with Gasteiger partial charge >= 0.3 is 23.9 Å². The molecule has 0 amide bonds. The van der Waals surface area contributed by atoms with Gasteiger partial charge in [0.2, 0.25) is 6.43 Å². The third kappa shape index (κ3) is 8.19. The fourth-order valence-electron chi connectivity index (χ4n) is 6.73. The molecule has 0 saturated carbocycles. The van der Waals surface area contributed by atoms with Crippen LogP contribution >= 0.6 is 15.9 Å². The number of carbonyl (C=O) groups excluding carboxylic acids is 4. The monoisotopic (exact) mass is 826 g/mol. The molecule has 292 valence electrons. The third-order valence-corrected chi connectivity index (χ3v) is 10.8. The zero-order chi connectivity index (χ0) is 41.4. The van der Waals surface area contributed by atoms with Crippen molar-refractivity contribution in [3.05, 3.63) is 101 Å². The number of hydrogen-bond donors (Lipinski definition) is 2. The van der Waals surface area contributed by atoms with Crippen LogP contribution in [0.2, 0.25) is 0 Å². The number of rotatable bonds is 11. The van der Waals surface area contributed by atoms with Crippen molar-refractivity contribution >= 4 is 45.6 Å². The van der Waals surface area contributed by atoms with Crippen LogP contribution in [0.1, 0.15) is 94.5 Å². The number of ketones is 1. The molecule has 0 radical (unpaired) electrons. The number of alkyl halides is 2. The molecule has 1 aliphatic carbocycles. The van der Waals surface area contributed by atoms with Crippen molar-refractivity contribution in [2.24, 2.45) is 5.92 Å². The zero-order valence-electron chi connectivity index (χ0n) is 32.0. The lowest BCUT2D eigenvalue weighted by Gasteiger charge is -2.23. The lowest BCUT2D eigenvalue weighted by Crippen LogP contribution is -2.28. The first-order valence-electron chi connectivity index (χ1n) is 17.0. The van der Waals surface area contributed by atoms with Gasteiger partial charge < -0.3 is 29.2 Å². The number of aromatic carboxylic acids is 1. The van der Waals surface area contributed by atoms with E-state index in [1.54, 1.807) is 48.5 Å². The van der Waals surface area contributed by atoms with Gasteiger partial charge in [0.05, 0.1) is 18.2 Å². The van der Waals surface area contributed by atoms with Crippen LogP contribution in [0.4, 0.5) is 8.78 Å². The molecule has 11 nitrogen and oxygen atoms in total. The summed E-state index contributed by atoms with van der Waals surface area (Å²) >= 11 is 3.23. The van der Waals surface area contributed by atoms with Crippen LogP contribution in [0.5, 0.6) is 23.0 Å². The van der Waals surface area contributed by atoms with Crippen molar-refractivity contribution < 1.29 is 61.9 Å². The first-order valence-corrected chi connectivity index (χ1v) is 17.8. The fraction of sp³-hybridized carbons (Fsp3) is 0.341. The molecule has 0 spiro atoms. The zero-order valence-corrected chi connectivity index (χ0v) is 33.6. The number of phenolic OH excluding ortho intramolecular Hbond substituents is 1. The molecule has 0 aromatic heterocycles. The lowest BCUT2D eigenvalue weighted by atomic mass is 9.92. The highest BCUT2D eigenvalue weighted by Gasteiger charge is 2.34. The predicted octanol–water partition coefficient (Wildman–Crippen LogP) is 8.54. The third-order valence-electron chi connectivity index (χ3n) is 10.0. The van der Waals surface area contributed by atoms with Crippen molar-refractivity contribution in [3.63, 3.8) is 0 Å². The molecular weight excluding hydrogens is 786 g/mol. The topological polar surface area (TPSA) is 163 Å². The Bertz CT molecular complexity index is 2180. The van der Waals surface area contributed by atoms with Gasteiger partial charge in [-0.15, -0.1) is 0 Å². The molecule has 0 heterocycles. The number of hydrogen-bond acceptors (Lipinski definition) is 10. The van der Waals surface area contributed by atoms with E-state index in [1.807, 2.05) is 0 Å². The summed E-state index contributed by atoms with van der Waals surface area (Å²) in [4.78, 5) is 64.8. The molecule has 0 aliphatic heterocycles. The van der Waals surface area contributed by atoms with Crippen molar-refractivity contribution in [3.8, 4) is 23.0 Å². The van der Waals surface area contributed by atoms with E-state index in [2.05, 4.69) is 15.9 Å². The second-order valence-corrected chi connectivity index (χ2v) is 14.2. The molecule has 1 unspecified atom stereocenters. The quantitative estimate of drug-likeness (QED) is 0.141. The summed E-state index contributed by atoms with van der Waals surface area (Å²) < 4.78 is 49.6. The normalized spacial score (nSPS) is 14.0. The van der Waals surface area contributed by atoms with E-state index in [1.165, 1.54) is 39.2 Å². The van der Waals surface area contributed by atoms with Gasteiger partial charge in [-0.25, -0.2) is 23.2 Å². The van der Waals surface area contributed by atoms with Gasteiger partial charge in [-0.3, -0.25) is 9.59 Å².